The number of ether oxygens (including phenoxy) is 3. The summed E-state index contributed by atoms with van der Waals surface area (Å²) in [6, 6.07) is -0.726. The zero-order valence-electron chi connectivity index (χ0n) is 29.3. The van der Waals surface area contributed by atoms with Crippen LogP contribution in [0.3, 0.4) is 0 Å². The molecule has 0 spiro atoms. The molecule has 2 atom stereocenters. The van der Waals surface area contributed by atoms with E-state index in [4.69, 9.17) is 14.2 Å². The first-order valence-electron chi connectivity index (χ1n) is 17.5. The van der Waals surface area contributed by atoms with Crippen molar-refractivity contribution in [3.05, 3.63) is 36.5 Å². The predicted octanol–water partition coefficient (Wildman–Crippen LogP) is 7.01. The molecular weight excluding hydrogens is 570 g/mol. The Morgan fingerprint density at radius 2 is 1.24 bits per heavy atom. The number of allylic oxidation sites excluding steroid dienone is 6. The van der Waals surface area contributed by atoms with Crippen LogP contribution in [0.1, 0.15) is 129 Å². The number of carbonyl (C=O) groups excluding carboxylic acids is 3. The molecule has 0 saturated heterocycles. The third kappa shape index (κ3) is 27.6. The summed E-state index contributed by atoms with van der Waals surface area (Å²) in [5, 5.41) is 11.5. The third-order valence-electron chi connectivity index (χ3n) is 7.54. The van der Waals surface area contributed by atoms with Crippen molar-refractivity contribution in [3.8, 4) is 0 Å². The van der Waals surface area contributed by atoms with Gasteiger partial charge >= 0.3 is 11.9 Å². The topological polar surface area (TPSA) is 102 Å². The smallest absolute Gasteiger partial charge is 0.306 e. The summed E-state index contributed by atoms with van der Waals surface area (Å²) in [5.41, 5.74) is 0. The molecule has 2 unspecified atom stereocenters. The van der Waals surface area contributed by atoms with E-state index >= 15 is 0 Å². The Labute approximate surface area is 274 Å². The van der Waals surface area contributed by atoms with Crippen LogP contribution in [0.5, 0.6) is 0 Å². The van der Waals surface area contributed by atoms with Gasteiger partial charge in [0.05, 0.1) is 40.3 Å². The molecule has 45 heavy (non-hydrogen) atoms. The van der Waals surface area contributed by atoms with Crippen LogP contribution in [0.25, 0.3) is 0 Å². The van der Waals surface area contributed by atoms with E-state index < -0.39 is 18.1 Å². The first-order chi connectivity index (χ1) is 21.6. The average Bonchev–Trinajstić information content (AvgIpc) is 2.98. The number of carboxylic acid groups (broad SMARTS) is 1. The van der Waals surface area contributed by atoms with Crippen molar-refractivity contribution in [3.63, 3.8) is 0 Å². The lowest BCUT2D eigenvalue weighted by atomic mass is 10.1. The highest BCUT2D eigenvalue weighted by molar-refractivity contribution is 5.70. The fourth-order valence-corrected chi connectivity index (χ4v) is 4.79. The molecule has 0 N–H and O–H groups in total. The van der Waals surface area contributed by atoms with Gasteiger partial charge in [-0.15, -0.1) is 0 Å². The van der Waals surface area contributed by atoms with Crippen LogP contribution < -0.4 is 5.11 Å². The highest BCUT2D eigenvalue weighted by atomic mass is 16.6. The Morgan fingerprint density at radius 3 is 1.84 bits per heavy atom. The highest BCUT2D eigenvalue weighted by Gasteiger charge is 2.25. The van der Waals surface area contributed by atoms with Crippen LogP contribution in [-0.2, 0) is 28.6 Å². The molecule has 8 nitrogen and oxygen atoms in total. The third-order valence-corrected chi connectivity index (χ3v) is 7.54. The number of carboxylic acids is 1. The van der Waals surface area contributed by atoms with E-state index in [1.165, 1.54) is 25.7 Å². The van der Waals surface area contributed by atoms with Crippen molar-refractivity contribution < 1.29 is 38.2 Å². The highest BCUT2D eigenvalue weighted by Crippen LogP contribution is 2.12. The molecule has 0 aromatic heterocycles. The fourth-order valence-electron chi connectivity index (χ4n) is 4.79. The van der Waals surface area contributed by atoms with Crippen LogP contribution in [0.2, 0.25) is 0 Å². The number of likely N-dealkylation sites (N-methyl/N-ethyl adjacent to an activating group) is 1. The molecule has 0 amide bonds. The van der Waals surface area contributed by atoms with Gasteiger partial charge < -0.3 is 28.6 Å². The summed E-state index contributed by atoms with van der Waals surface area (Å²) in [4.78, 5) is 36.4. The van der Waals surface area contributed by atoms with E-state index in [0.717, 1.165) is 70.6 Å². The zero-order chi connectivity index (χ0) is 33.6. The lowest BCUT2D eigenvalue weighted by molar-refractivity contribution is -0.889. The van der Waals surface area contributed by atoms with E-state index in [2.05, 4.69) is 50.3 Å². The Balaban J connectivity index is 4.48. The maximum Gasteiger partial charge on any atom is 0.306 e. The summed E-state index contributed by atoms with van der Waals surface area (Å²) in [7, 11) is 5.37. The van der Waals surface area contributed by atoms with E-state index in [-0.39, 0.29) is 42.7 Å². The first-order valence-corrected chi connectivity index (χ1v) is 17.5. The van der Waals surface area contributed by atoms with Gasteiger partial charge in [-0.25, -0.2) is 0 Å². The number of aliphatic carboxylic acids is 1. The second-order valence-corrected chi connectivity index (χ2v) is 12.7. The van der Waals surface area contributed by atoms with Crippen molar-refractivity contribution in [2.75, 3.05) is 41.0 Å². The molecular formula is C37H65NO7. The number of esters is 2. The van der Waals surface area contributed by atoms with Gasteiger partial charge in [0.25, 0.3) is 0 Å². The average molecular weight is 636 g/mol. The lowest BCUT2D eigenvalue weighted by Crippen LogP contribution is -2.55. The van der Waals surface area contributed by atoms with Gasteiger partial charge in [0.1, 0.15) is 12.6 Å². The Morgan fingerprint density at radius 1 is 0.689 bits per heavy atom. The Bertz CT molecular complexity index is 844. The number of unbranched alkanes of at least 4 members (excludes halogenated alkanes) is 10. The summed E-state index contributed by atoms with van der Waals surface area (Å²) < 4.78 is 17.0. The number of hydrogen-bond acceptors (Lipinski definition) is 7. The van der Waals surface area contributed by atoms with Crippen LogP contribution in [-0.4, -0.2) is 75.5 Å². The quantitative estimate of drug-likeness (QED) is 0.0362. The van der Waals surface area contributed by atoms with Crippen molar-refractivity contribution in [2.24, 2.45) is 0 Å². The van der Waals surface area contributed by atoms with Crippen molar-refractivity contribution >= 4 is 17.9 Å². The largest absolute Gasteiger partial charge is 0.544 e. The maximum absolute atomic E-state index is 12.6. The molecule has 0 fully saturated rings. The van der Waals surface area contributed by atoms with Gasteiger partial charge in [-0.2, -0.15) is 0 Å². The van der Waals surface area contributed by atoms with Gasteiger partial charge in [-0.05, 0) is 44.9 Å². The normalized spacial score (nSPS) is 13.5. The van der Waals surface area contributed by atoms with Crippen LogP contribution in [0.4, 0.5) is 0 Å². The molecule has 8 heteroatoms. The molecule has 0 radical (unpaired) electrons. The van der Waals surface area contributed by atoms with Crippen LogP contribution in [0.15, 0.2) is 36.5 Å². The molecule has 0 aliphatic rings. The van der Waals surface area contributed by atoms with Crippen molar-refractivity contribution in [1.29, 1.82) is 0 Å². The van der Waals surface area contributed by atoms with E-state index in [1.807, 2.05) is 0 Å². The van der Waals surface area contributed by atoms with Crippen LogP contribution in [0, 0.1) is 0 Å². The second kappa shape index (κ2) is 29.0. The lowest BCUT2D eigenvalue weighted by Gasteiger charge is -2.34. The molecule has 260 valence electrons. The summed E-state index contributed by atoms with van der Waals surface area (Å²) in [6.45, 7) is 4.45. The zero-order valence-corrected chi connectivity index (χ0v) is 29.3. The second-order valence-electron chi connectivity index (χ2n) is 12.7. The number of quaternary nitrogens is 1. The number of carbonyl (C=O) groups is 3. The molecule has 0 heterocycles. The van der Waals surface area contributed by atoms with Gasteiger partial charge in [-0.1, -0.05) is 102 Å². The summed E-state index contributed by atoms with van der Waals surface area (Å²) in [6.07, 6.45) is 29.0. The SMILES string of the molecule is CC/C=C/C/C=C/C/C=C/CCCCCCC(=O)OC(COCCC(C(=O)[O-])[N+](C)(C)C)COC(=O)CCCCCCCCC. The van der Waals surface area contributed by atoms with E-state index in [0.29, 0.717) is 12.8 Å². The van der Waals surface area contributed by atoms with Gasteiger partial charge in [-0.3, -0.25) is 9.59 Å². The van der Waals surface area contributed by atoms with Crippen molar-refractivity contribution in [2.45, 2.75) is 142 Å². The molecule has 0 aromatic carbocycles. The molecule has 0 aromatic rings. The van der Waals surface area contributed by atoms with Gasteiger partial charge in [0.15, 0.2) is 6.10 Å². The minimum Gasteiger partial charge on any atom is -0.544 e. The van der Waals surface area contributed by atoms with E-state index in [9.17, 15) is 19.5 Å². The summed E-state index contributed by atoms with van der Waals surface area (Å²) in [5.74, 6) is -1.78. The molecule has 0 bridgehead atoms. The number of hydrogen-bond donors (Lipinski definition) is 0. The number of nitrogens with zero attached hydrogens (tertiary/aromatic N) is 1. The molecule has 0 aliphatic heterocycles. The van der Waals surface area contributed by atoms with E-state index in [1.54, 1.807) is 21.1 Å². The maximum atomic E-state index is 12.6. The minimum atomic E-state index is -1.13. The predicted molar refractivity (Wildman–Crippen MR) is 180 cm³/mol. The Hall–Kier alpha value is -2.45. The minimum absolute atomic E-state index is 0.0321. The fraction of sp³-hybridized carbons (Fsp3) is 0.757. The Kier molecular flexibility index (Phi) is 27.4. The van der Waals surface area contributed by atoms with Gasteiger partial charge in [0.2, 0.25) is 0 Å². The first kappa shape index (κ1) is 42.6. The van der Waals surface area contributed by atoms with Crippen molar-refractivity contribution in [1.82, 2.24) is 0 Å². The van der Waals surface area contributed by atoms with Gasteiger partial charge in [0, 0.05) is 19.3 Å². The van der Waals surface area contributed by atoms with Crippen LogP contribution >= 0.6 is 0 Å². The summed E-state index contributed by atoms with van der Waals surface area (Å²) >= 11 is 0. The number of rotatable bonds is 30. The molecule has 0 rings (SSSR count). The monoisotopic (exact) mass is 635 g/mol. The standard InChI is InChI=1S/C37H65NO7/c1-6-8-10-12-14-15-16-17-18-19-20-22-24-26-28-36(40)45-33(31-43-30-29-34(37(41)42)38(3,4)5)32-44-35(39)27-25-23-21-13-11-9-7-2/h8,10,14-15,17-18,33-34H,6-7,9,11-13,16,19-32H2,1-5H3/b10-8+,15-14+,18-17+. The molecule has 0 saturated carbocycles. The molecule has 0 aliphatic carbocycles.